The first kappa shape index (κ1) is 24.6. The first-order valence-electron chi connectivity index (χ1n) is 11.1. The van der Waals surface area contributed by atoms with Gasteiger partial charge in [0.15, 0.2) is 5.78 Å². The van der Waals surface area contributed by atoms with Crippen molar-refractivity contribution in [2.24, 2.45) is 0 Å². The number of ketones is 1. The second-order valence-corrected chi connectivity index (χ2v) is 9.24. The van der Waals surface area contributed by atoms with Gasteiger partial charge in [0.1, 0.15) is 17.2 Å². The molecule has 0 bridgehead atoms. The molecule has 1 N–H and O–H groups in total. The Bertz CT molecular complexity index is 1340. The molecule has 1 saturated heterocycles. The fraction of sp³-hybridized carbons (Fsp3) is 0.269. The average molecular weight is 500 g/mol. The SMILES string of the molecule is Cc1cc(C(=O)CN2C(=O)NC(C)(c3cc(F)ccc3F)C2=O)c(C)n1CCc1ccc(Cl)cc1. The van der Waals surface area contributed by atoms with Crippen LogP contribution in [0.4, 0.5) is 13.6 Å². The highest BCUT2D eigenvalue weighted by Gasteiger charge is 2.51. The molecule has 0 saturated carbocycles. The van der Waals surface area contributed by atoms with Gasteiger partial charge < -0.3 is 9.88 Å². The number of hydrogen-bond donors (Lipinski definition) is 1. The molecule has 0 radical (unpaired) electrons. The van der Waals surface area contributed by atoms with Crippen LogP contribution in [-0.2, 0) is 23.3 Å². The Morgan fingerprint density at radius 3 is 2.43 bits per heavy atom. The topological polar surface area (TPSA) is 71.4 Å². The number of rotatable bonds is 7. The number of nitrogens with one attached hydrogen (secondary N) is 1. The lowest BCUT2D eigenvalue weighted by molar-refractivity contribution is -0.130. The van der Waals surface area contributed by atoms with Gasteiger partial charge in [-0.15, -0.1) is 0 Å². The molecule has 1 atom stereocenters. The van der Waals surface area contributed by atoms with Crippen LogP contribution in [-0.4, -0.2) is 33.7 Å². The predicted octanol–water partition coefficient (Wildman–Crippen LogP) is 4.93. The summed E-state index contributed by atoms with van der Waals surface area (Å²) in [4.78, 5) is 39.5. The number of amides is 3. The Kier molecular flexibility index (Phi) is 6.51. The fourth-order valence-corrected chi connectivity index (χ4v) is 4.58. The van der Waals surface area contributed by atoms with Crippen molar-refractivity contribution in [3.63, 3.8) is 0 Å². The van der Waals surface area contributed by atoms with Crippen LogP contribution in [0.15, 0.2) is 48.5 Å². The number of nitrogens with zero attached hydrogens (tertiary/aromatic N) is 2. The molecule has 9 heteroatoms. The predicted molar refractivity (Wildman–Crippen MR) is 127 cm³/mol. The molecule has 3 amide bonds. The van der Waals surface area contributed by atoms with Crippen molar-refractivity contribution in [3.05, 3.63) is 93.3 Å². The number of urea groups is 1. The van der Waals surface area contributed by atoms with E-state index in [1.54, 1.807) is 13.0 Å². The zero-order valence-electron chi connectivity index (χ0n) is 19.5. The van der Waals surface area contributed by atoms with Crippen LogP contribution in [0, 0.1) is 25.5 Å². The lowest BCUT2D eigenvalue weighted by Crippen LogP contribution is -2.42. The molecule has 1 aliphatic heterocycles. The molecule has 1 unspecified atom stereocenters. The summed E-state index contributed by atoms with van der Waals surface area (Å²) in [6.07, 6.45) is 0.728. The Labute approximate surface area is 206 Å². The van der Waals surface area contributed by atoms with Gasteiger partial charge in [0.05, 0.1) is 6.54 Å². The maximum absolute atomic E-state index is 14.4. The minimum Gasteiger partial charge on any atom is -0.348 e. The van der Waals surface area contributed by atoms with E-state index in [0.717, 1.165) is 40.8 Å². The summed E-state index contributed by atoms with van der Waals surface area (Å²) < 4.78 is 30.1. The summed E-state index contributed by atoms with van der Waals surface area (Å²) in [5, 5.41) is 3.07. The third-order valence-electron chi connectivity index (χ3n) is 6.46. The number of carbonyl (C=O) groups excluding carboxylic acids is 3. The monoisotopic (exact) mass is 499 g/mol. The number of benzene rings is 2. The minimum atomic E-state index is -1.82. The molecule has 4 rings (SSSR count). The van der Waals surface area contributed by atoms with Crippen LogP contribution in [0.2, 0.25) is 5.02 Å². The Morgan fingerprint density at radius 2 is 1.74 bits per heavy atom. The van der Waals surface area contributed by atoms with Crippen molar-refractivity contribution in [3.8, 4) is 0 Å². The van der Waals surface area contributed by atoms with E-state index in [-0.39, 0.29) is 5.56 Å². The van der Waals surface area contributed by atoms with Crippen molar-refractivity contribution < 1.29 is 23.2 Å². The van der Waals surface area contributed by atoms with Gasteiger partial charge in [-0.3, -0.25) is 14.5 Å². The Morgan fingerprint density at radius 1 is 1.06 bits per heavy atom. The molecule has 0 aliphatic carbocycles. The Balaban J connectivity index is 1.52. The summed E-state index contributed by atoms with van der Waals surface area (Å²) in [7, 11) is 0. The van der Waals surface area contributed by atoms with E-state index in [9.17, 15) is 23.2 Å². The summed E-state index contributed by atoms with van der Waals surface area (Å²) in [5.41, 5.74) is 0.948. The minimum absolute atomic E-state index is 0.300. The third-order valence-corrected chi connectivity index (χ3v) is 6.71. The molecule has 35 heavy (non-hydrogen) atoms. The number of halogens is 3. The summed E-state index contributed by atoms with van der Waals surface area (Å²) in [6.45, 7) is 5.09. The second kappa shape index (κ2) is 9.26. The van der Waals surface area contributed by atoms with Crippen LogP contribution >= 0.6 is 11.6 Å². The standard InChI is InChI=1S/C26H24ClF2N3O3/c1-15-12-20(16(2)31(15)11-10-17-4-6-18(27)7-5-17)23(33)14-32-24(34)26(3,30-25(32)35)21-13-19(28)8-9-22(21)29/h4-9,12-13H,10-11,14H2,1-3H3,(H,30,35). The Hall–Kier alpha value is -3.52. The van der Waals surface area contributed by atoms with Gasteiger partial charge in [-0.1, -0.05) is 23.7 Å². The first-order chi connectivity index (χ1) is 16.5. The van der Waals surface area contributed by atoms with E-state index in [4.69, 9.17) is 11.6 Å². The average Bonchev–Trinajstić information content (AvgIpc) is 3.22. The summed E-state index contributed by atoms with van der Waals surface area (Å²) in [5.74, 6) is -2.83. The van der Waals surface area contributed by atoms with Crippen LogP contribution in [0.3, 0.4) is 0 Å². The van der Waals surface area contributed by atoms with Crippen molar-refractivity contribution in [2.45, 2.75) is 39.3 Å². The molecule has 6 nitrogen and oxygen atoms in total. The van der Waals surface area contributed by atoms with Gasteiger partial charge in [-0.2, -0.15) is 0 Å². The van der Waals surface area contributed by atoms with Crippen LogP contribution in [0.5, 0.6) is 0 Å². The summed E-state index contributed by atoms with van der Waals surface area (Å²) >= 11 is 5.94. The van der Waals surface area contributed by atoms with Crippen molar-refractivity contribution in [1.82, 2.24) is 14.8 Å². The highest BCUT2D eigenvalue weighted by molar-refractivity contribution is 6.30. The zero-order chi connectivity index (χ0) is 25.5. The van der Waals surface area contributed by atoms with Crippen molar-refractivity contribution >= 4 is 29.3 Å². The maximum Gasteiger partial charge on any atom is 0.325 e. The molecule has 2 heterocycles. The van der Waals surface area contributed by atoms with E-state index in [2.05, 4.69) is 5.32 Å². The fourth-order valence-electron chi connectivity index (χ4n) is 4.45. The second-order valence-electron chi connectivity index (χ2n) is 8.81. The molecule has 1 aliphatic rings. The molecule has 3 aromatic rings. The van der Waals surface area contributed by atoms with Gasteiger partial charge in [-0.25, -0.2) is 13.6 Å². The largest absolute Gasteiger partial charge is 0.348 e. The molecule has 182 valence electrons. The summed E-state index contributed by atoms with van der Waals surface area (Å²) in [6, 6.07) is 11.1. The highest BCUT2D eigenvalue weighted by Crippen LogP contribution is 2.31. The zero-order valence-corrected chi connectivity index (χ0v) is 20.2. The highest BCUT2D eigenvalue weighted by atomic mass is 35.5. The normalized spacial score (nSPS) is 17.7. The third kappa shape index (κ3) is 4.58. The van der Waals surface area contributed by atoms with Gasteiger partial charge in [0.2, 0.25) is 0 Å². The smallest absolute Gasteiger partial charge is 0.325 e. The number of carbonyl (C=O) groups is 3. The van der Waals surface area contributed by atoms with Crippen molar-refractivity contribution in [1.29, 1.82) is 0 Å². The number of aromatic nitrogens is 1. The quantitative estimate of drug-likeness (QED) is 0.370. The number of Topliss-reactive ketones (excluding diaryl/α,β-unsaturated/α-hetero) is 1. The number of hydrogen-bond acceptors (Lipinski definition) is 3. The lowest BCUT2D eigenvalue weighted by Gasteiger charge is -2.22. The van der Waals surface area contributed by atoms with Gasteiger partial charge in [0, 0.05) is 34.1 Å². The number of imide groups is 1. The van der Waals surface area contributed by atoms with E-state index in [1.807, 2.05) is 35.8 Å². The van der Waals surface area contributed by atoms with E-state index in [1.165, 1.54) is 6.92 Å². The first-order valence-corrected chi connectivity index (χ1v) is 11.4. The van der Waals surface area contributed by atoms with E-state index < -0.39 is 41.4 Å². The maximum atomic E-state index is 14.4. The van der Waals surface area contributed by atoms with Gasteiger partial charge in [0.25, 0.3) is 5.91 Å². The van der Waals surface area contributed by atoms with Crippen molar-refractivity contribution in [2.75, 3.05) is 6.54 Å². The van der Waals surface area contributed by atoms with Crippen LogP contribution in [0.1, 0.15) is 39.8 Å². The molecule has 1 fully saturated rings. The molecular formula is C26H24ClF2N3O3. The molecule has 0 spiro atoms. The van der Waals surface area contributed by atoms with Crippen LogP contribution < -0.4 is 5.32 Å². The van der Waals surface area contributed by atoms with Crippen LogP contribution in [0.25, 0.3) is 0 Å². The van der Waals surface area contributed by atoms with Gasteiger partial charge in [-0.05, 0) is 69.2 Å². The number of aryl methyl sites for hydroxylation is 2. The van der Waals surface area contributed by atoms with E-state index >= 15 is 0 Å². The molecule has 1 aromatic heterocycles. The lowest BCUT2D eigenvalue weighted by atomic mass is 9.91. The molecular weight excluding hydrogens is 476 g/mol. The van der Waals surface area contributed by atoms with Gasteiger partial charge >= 0.3 is 6.03 Å². The molecule has 2 aromatic carbocycles. The van der Waals surface area contributed by atoms with E-state index in [0.29, 0.717) is 22.8 Å².